The number of benzene rings is 2. The van der Waals surface area contributed by atoms with Gasteiger partial charge >= 0.3 is 0 Å². The average molecular weight is 415 g/mol. The molecule has 1 saturated heterocycles. The van der Waals surface area contributed by atoms with Crippen LogP contribution in [0.3, 0.4) is 0 Å². The molecule has 1 heterocycles. The normalized spacial score (nSPS) is 24.4. The Morgan fingerprint density at radius 3 is 2.38 bits per heavy atom. The Labute approximate surface area is 174 Å². The number of sulfonamides is 1. The van der Waals surface area contributed by atoms with Crippen LogP contribution >= 0.6 is 0 Å². The molecule has 2 aliphatic rings. The van der Waals surface area contributed by atoms with Gasteiger partial charge in [0.15, 0.2) is 0 Å². The summed E-state index contributed by atoms with van der Waals surface area (Å²) in [6.07, 6.45) is 3.26. The van der Waals surface area contributed by atoms with E-state index in [2.05, 4.69) is 9.62 Å². The predicted octanol–water partition coefficient (Wildman–Crippen LogP) is 3.52. The van der Waals surface area contributed by atoms with Crippen LogP contribution in [-0.4, -0.2) is 45.7 Å². The van der Waals surface area contributed by atoms with Gasteiger partial charge in [-0.3, -0.25) is 4.90 Å². The maximum absolute atomic E-state index is 13.2. The highest BCUT2D eigenvalue weighted by Crippen LogP contribution is 2.40. The van der Waals surface area contributed by atoms with Crippen molar-refractivity contribution in [3.8, 4) is 0 Å². The van der Waals surface area contributed by atoms with Gasteiger partial charge in [-0.2, -0.15) is 0 Å². The Bertz CT molecular complexity index is 893. The van der Waals surface area contributed by atoms with Crippen molar-refractivity contribution in [1.29, 1.82) is 0 Å². The molecule has 1 N–H and O–H groups in total. The number of hydrogen-bond acceptors (Lipinski definition) is 4. The molecule has 2 fully saturated rings. The molecule has 3 unspecified atom stereocenters. The molecule has 5 nitrogen and oxygen atoms in total. The van der Waals surface area contributed by atoms with Gasteiger partial charge in [0.25, 0.3) is 0 Å². The van der Waals surface area contributed by atoms with Crippen molar-refractivity contribution in [3.63, 3.8) is 0 Å². The molecule has 2 aromatic rings. The molecule has 1 aliphatic heterocycles. The first kappa shape index (κ1) is 20.5. The van der Waals surface area contributed by atoms with E-state index in [4.69, 9.17) is 4.74 Å². The quantitative estimate of drug-likeness (QED) is 0.786. The van der Waals surface area contributed by atoms with Crippen molar-refractivity contribution in [3.05, 3.63) is 65.7 Å². The Hall–Kier alpha value is -1.73. The lowest BCUT2D eigenvalue weighted by Crippen LogP contribution is -2.48. The monoisotopic (exact) mass is 414 g/mol. The van der Waals surface area contributed by atoms with E-state index in [0.29, 0.717) is 10.9 Å². The van der Waals surface area contributed by atoms with Gasteiger partial charge in [0, 0.05) is 19.1 Å². The lowest BCUT2D eigenvalue weighted by Gasteiger charge is -2.38. The molecule has 0 aromatic heterocycles. The van der Waals surface area contributed by atoms with Crippen LogP contribution in [0.1, 0.15) is 36.4 Å². The zero-order valence-electron chi connectivity index (χ0n) is 17.0. The minimum atomic E-state index is -3.61. The minimum absolute atomic E-state index is 0.238. The number of hydrogen-bond donors (Lipinski definition) is 1. The first-order chi connectivity index (χ1) is 14.0. The zero-order valence-corrected chi connectivity index (χ0v) is 17.8. The third-order valence-electron chi connectivity index (χ3n) is 6.25. The third kappa shape index (κ3) is 4.72. The molecule has 4 rings (SSSR count). The number of ether oxygens (including phenoxy) is 1. The number of rotatable bonds is 6. The van der Waals surface area contributed by atoms with Crippen LogP contribution in [0.2, 0.25) is 0 Å². The van der Waals surface area contributed by atoms with E-state index in [1.54, 1.807) is 12.1 Å². The van der Waals surface area contributed by atoms with Crippen molar-refractivity contribution >= 4 is 10.0 Å². The van der Waals surface area contributed by atoms with Gasteiger partial charge in [-0.05, 0) is 43.4 Å². The maximum Gasteiger partial charge on any atom is 0.241 e. The summed E-state index contributed by atoms with van der Waals surface area (Å²) < 4.78 is 35.0. The predicted molar refractivity (Wildman–Crippen MR) is 114 cm³/mol. The van der Waals surface area contributed by atoms with Gasteiger partial charge < -0.3 is 4.74 Å². The summed E-state index contributed by atoms with van der Waals surface area (Å²) >= 11 is 0. The molecule has 1 aliphatic carbocycles. The summed E-state index contributed by atoms with van der Waals surface area (Å²) in [7, 11) is -3.61. The molecule has 29 heavy (non-hydrogen) atoms. The van der Waals surface area contributed by atoms with Gasteiger partial charge in [-0.15, -0.1) is 0 Å². The van der Waals surface area contributed by atoms with Crippen molar-refractivity contribution in [2.75, 3.05) is 26.3 Å². The fraction of sp³-hybridized carbons (Fsp3) is 0.478. The Morgan fingerprint density at radius 2 is 1.69 bits per heavy atom. The Balaban J connectivity index is 1.64. The zero-order chi connectivity index (χ0) is 20.3. The summed E-state index contributed by atoms with van der Waals surface area (Å²) in [6.45, 7) is 5.32. The van der Waals surface area contributed by atoms with Gasteiger partial charge in [0.05, 0.1) is 24.2 Å². The van der Waals surface area contributed by atoms with E-state index in [-0.39, 0.29) is 12.0 Å². The molecule has 0 amide bonds. The summed E-state index contributed by atoms with van der Waals surface area (Å²) in [4.78, 5) is 2.82. The summed E-state index contributed by atoms with van der Waals surface area (Å²) in [5.74, 6) is 0.246. The largest absolute Gasteiger partial charge is 0.379 e. The van der Waals surface area contributed by atoms with Crippen molar-refractivity contribution < 1.29 is 13.2 Å². The minimum Gasteiger partial charge on any atom is -0.379 e. The first-order valence-corrected chi connectivity index (χ1v) is 12.0. The lowest BCUT2D eigenvalue weighted by molar-refractivity contribution is 0.00497. The fourth-order valence-corrected chi connectivity index (χ4v) is 6.01. The Kier molecular flexibility index (Phi) is 6.35. The number of nitrogens with one attached hydrogen (secondary N) is 1. The summed E-state index contributed by atoms with van der Waals surface area (Å²) in [5, 5.41) is 0. The first-order valence-electron chi connectivity index (χ1n) is 10.5. The maximum atomic E-state index is 13.2. The molecule has 0 bridgehead atoms. The molecule has 3 atom stereocenters. The molecule has 2 aromatic carbocycles. The lowest BCUT2D eigenvalue weighted by atomic mass is 9.88. The summed E-state index contributed by atoms with van der Waals surface area (Å²) in [6, 6.07) is 17.2. The highest BCUT2D eigenvalue weighted by molar-refractivity contribution is 7.89. The highest BCUT2D eigenvalue weighted by Gasteiger charge is 2.40. The van der Waals surface area contributed by atoms with Crippen LogP contribution in [0.5, 0.6) is 0 Å². The van der Waals surface area contributed by atoms with Gasteiger partial charge in [-0.25, -0.2) is 13.1 Å². The van der Waals surface area contributed by atoms with Gasteiger partial charge in [0.1, 0.15) is 0 Å². The summed E-state index contributed by atoms with van der Waals surface area (Å²) in [5.41, 5.74) is 2.08. The smallest absolute Gasteiger partial charge is 0.241 e. The third-order valence-corrected chi connectivity index (χ3v) is 7.70. The topological polar surface area (TPSA) is 58.6 Å². The molecule has 156 valence electrons. The van der Waals surface area contributed by atoms with Crippen LogP contribution in [0.25, 0.3) is 0 Å². The van der Waals surface area contributed by atoms with Crippen molar-refractivity contribution in [2.45, 2.75) is 43.2 Å². The number of aryl methyl sites for hydroxylation is 1. The Morgan fingerprint density at radius 1 is 1.00 bits per heavy atom. The molecular formula is C23H30N2O3S. The molecule has 6 heteroatoms. The van der Waals surface area contributed by atoms with Crippen LogP contribution in [-0.2, 0) is 14.8 Å². The molecular weight excluding hydrogens is 384 g/mol. The average Bonchev–Trinajstić information content (AvgIpc) is 3.23. The van der Waals surface area contributed by atoms with Gasteiger partial charge in [0.2, 0.25) is 10.0 Å². The highest BCUT2D eigenvalue weighted by atomic mass is 32.2. The molecule has 0 spiro atoms. The van der Waals surface area contributed by atoms with Crippen LogP contribution in [0.4, 0.5) is 0 Å². The second-order valence-corrected chi connectivity index (χ2v) is 9.85. The standard InChI is InChI=1S/C23H30N2O3S/c1-18-10-12-20(13-11-18)29(26,27)24-23(19-6-3-2-4-7-19)21-8-5-9-22(21)25-14-16-28-17-15-25/h2-4,6-7,10-13,21-24H,5,8-9,14-17H2,1H3. The number of morpholine rings is 1. The molecule has 0 radical (unpaired) electrons. The van der Waals surface area contributed by atoms with E-state index >= 15 is 0 Å². The molecule has 1 saturated carbocycles. The van der Waals surface area contributed by atoms with E-state index in [1.165, 1.54) is 0 Å². The van der Waals surface area contributed by atoms with Crippen LogP contribution < -0.4 is 4.72 Å². The van der Waals surface area contributed by atoms with Crippen LogP contribution in [0.15, 0.2) is 59.5 Å². The second kappa shape index (κ2) is 8.96. The van der Waals surface area contributed by atoms with Crippen molar-refractivity contribution in [1.82, 2.24) is 9.62 Å². The van der Waals surface area contributed by atoms with E-state index in [0.717, 1.165) is 56.7 Å². The number of nitrogens with zero attached hydrogens (tertiary/aromatic N) is 1. The van der Waals surface area contributed by atoms with E-state index in [9.17, 15) is 8.42 Å². The second-order valence-electron chi connectivity index (χ2n) is 8.13. The SMILES string of the molecule is Cc1ccc(S(=O)(=O)NC(c2ccccc2)C2CCCC2N2CCOCC2)cc1. The van der Waals surface area contributed by atoms with Crippen molar-refractivity contribution in [2.24, 2.45) is 5.92 Å². The van der Waals surface area contributed by atoms with Crippen LogP contribution in [0, 0.1) is 12.8 Å². The fourth-order valence-electron chi connectivity index (χ4n) is 4.74. The van der Waals surface area contributed by atoms with E-state index in [1.807, 2.05) is 49.4 Å². The van der Waals surface area contributed by atoms with Gasteiger partial charge in [-0.1, -0.05) is 54.4 Å². The van der Waals surface area contributed by atoms with E-state index < -0.39 is 10.0 Å².